The van der Waals surface area contributed by atoms with Gasteiger partial charge in [-0.05, 0) is 36.8 Å². The first-order valence-corrected chi connectivity index (χ1v) is 8.04. The molecule has 132 valence electrons. The Bertz CT molecular complexity index is 764. The van der Waals surface area contributed by atoms with Gasteiger partial charge in [-0.3, -0.25) is 4.79 Å². The van der Waals surface area contributed by atoms with Gasteiger partial charge in [-0.25, -0.2) is 4.79 Å². The van der Waals surface area contributed by atoms with Gasteiger partial charge in [-0.2, -0.15) is 0 Å². The second-order valence-electron chi connectivity index (χ2n) is 5.22. The summed E-state index contributed by atoms with van der Waals surface area (Å²) in [6.45, 7) is 0.359. The van der Waals surface area contributed by atoms with E-state index in [1.807, 2.05) is 12.1 Å². The minimum Gasteiger partial charge on any atom is -0.491 e. The summed E-state index contributed by atoms with van der Waals surface area (Å²) in [5.41, 5.74) is 7.00. The summed E-state index contributed by atoms with van der Waals surface area (Å²) in [5.74, 6) is -0.133. The lowest BCUT2D eigenvalue weighted by atomic mass is 10.2. The summed E-state index contributed by atoms with van der Waals surface area (Å²) in [4.78, 5) is 23.6. The summed E-state index contributed by atoms with van der Waals surface area (Å²) in [6.07, 6.45) is 0.750. The van der Waals surface area contributed by atoms with Gasteiger partial charge in [0.15, 0.2) is 0 Å². The largest absolute Gasteiger partial charge is 0.491 e. The number of carbonyl (C=O) groups is 2. The van der Waals surface area contributed by atoms with E-state index in [4.69, 9.17) is 22.1 Å². The highest BCUT2D eigenvalue weighted by molar-refractivity contribution is 6.33. The SMILES string of the molecule is COC(=O)c1ccc(Cl)c(NC(=O)CCCOc2ccccc2N)c1. The molecule has 2 rings (SSSR count). The predicted octanol–water partition coefficient (Wildman–Crippen LogP) is 3.51. The lowest BCUT2D eigenvalue weighted by molar-refractivity contribution is -0.116. The molecule has 0 aliphatic carbocycles. The summed E-state index contributed by atoms with van der Waals surface area (Å²) in [6, 6.07) is 11.7. The molecule has 0 spiro atoms. The van der Waals surface area contributed by atoms with Crippen LogP contribution < -0.4 is 15.8 Å². The van der Waals surface area contributed by atoms with Crippen molar-refractivity contribution in [3.05, 3.63) is 53.1 Å². The van der Waals surface area contributed by atoms with Crippen LogP contribution in [-0.2, 0) is 9.53 Å². The molecule has 0 aliphatic heterocycles. The smallest absolute Gasteiger partial charge is 0.337 e. The molecule has 0 saturated carbocycles. The Hall–Kier alpha value is -2.73. The number of anilines is 2. The fourth-order valence-electron chi connectivity index (χ4n) is 2.11. The maximum Gasteiger partial charge on any atom is 0.337 e. The number of rotatable bonds is 7. The van der Waals surface area contributed by atoms with Crippen LogP contribution in [0.3, 0.4) is 0 Å². The second kappa shape index (κ2) is 8.94. The van der Waals surface area contributed by atoms with E-state index >= 15 is 0 Å². The molecular weight excluding hydrogens is 344 g/mol. The van der Waals surface area contributed by atoms with Crippen molar-refractivity contribution in [2.45, 2.75) is 12.8 Å². The summed E-state index contributed by atoms with van der Waals surface area (Å²) in [7, 11) is 1.29. The molecule has 0 fully saturated rings. The van der Waals surface area contributed by atoms with Crippen LogP contribution in [0.2, 0.25) is 5.02 Å². The van der Waals surface area contributed by atoms with Gasteiger partial charge >= 0.3 is 5.97 Å². The molecule has 0 radical (unpaired) electrons. The summed E-state index contributed by atoms with van der Waals surface area (Å²) in [5, 5.41) is 3.02. The van der Waals surface area contributed by atoms with Gasteiger partial charge in [0.05, 0.1) is 35.7 Å². The number of benzene rings is 2. The Morgan fingerprint density at radius 3 is 2.68 bits per heavy atom. The number of halogens is 1. The zero-order chi connectivity index (χ0) is 18.2. The number of nitrogen functional groups attached to an aromatic ring is 1. The van der Waals surface area contributed by atoms with Crippen LogP contribution in [0.4, 0.5) is 11.4 Å². The number of nitrogens with two attached hydrogens (primary N) is 1. The van der Waals surface area contributed by atoms with E-state index in [1.54, 1.807) is 12.1 Å². The fourth-order valence-corrected chi connectivity index (χ4v) is 2.27. The first-order chi connectivity index (χ1) is 12.0. The monoisotopic (exact) mass is 362 g/mol. The Morgan fingerprint density at radius 2 is 1.96 bits per heavy atom. The zero-order valence-electron chi connectivity index (χ0n) is 13.8. The highest BCUT2D eigenvalue weighted by Crippen LogP contribution is 2.24. The third-order valence-electron chi connectivity index (χ3n) is 3.39. The maximum atomic E-state index is 12.0. The first kappa shape index (κ1) is 18.6. The van der Waals surface area contributed by atoms with E-state index in [0.29, 0.717) is 40.7 Å². The van der Waals surface area contributed by atoms with Gasteiger partial charge in [0, 0.05) is 6.42 Å². The van der Waals surface area contributed by atoms with Crippen LogP contribution in [0, 0.1) is 0 Å². The normalized spacial score (nSPS) is 10.2. The molecule has 0 aromatic heterocycles. The zero-order valence-corrected chi connectivity index (χ0v) is 14.5. The number of amides is 1. The van der Waals surface area contributed by atoms with Crippen LogP contribution in [0.1, 0.15) is 23.2 Å². The van der Waals surface area contributed by atoms with Crippen molar-refractivity contribution in [1.29, 1.82) is 0 Å². The number of ether oxygens (including phenoxy) is 2. The molecular formula is C18H19ClN2O4. The lowest BCUT2D eigenvalue weighted by Crippen LogP contribution is -2.14. The molecule has 25 heavy (non-hydrogen) atoms. The number of esters is 1. The highest BCUT2D eigenvalue weighted by Gasteiger charge is 2.11. The van der Waals surface area contributed by atoms with Crippen molar-refractivity contribution in [2.24, 2.45) is 0 Å². The molecule has 0 aliphatic rings. The van der Waals surface area contributed by atoms with Gasteiger partial charge in [0.1, 0.15) is 5.75 Å². The van der Waals surface area contributed by atoms with E-state index in [1.165, 1.54) is 25.3 Å². The van der Waals surface area contributed by atoms with Crippen LogP contribution in [0.15, 0.2) is 42.5 Å². The van der Waals surface area contributed by atoms with Gasteiger partial charge in [-0.15, -0.1) is 0 Å². The van der Waals surface area contributed by atoms with E-state index in [9.17, 15) is 9.59 Å². The molecule has 0 unspecified atom stereocenters. The standard InChI is InChI=1S/C18H19ClN2O4/c1-24-18(23)12-8-9-13(19)15(11-12)21-17(22)7-4-10-25-16-6-3-2-5-14(16)20/h2-3,5-6,8-9,11H,4,7,10,20H2,1H3,(H,21,22). The van der Waals surface area contributed by atoms with Crippen molar-refractivity contribution in [3.8, 4) is 5.75 Å². The Kier molecular flexibility index (Phi) is 6.65. The molecule has 0 saturated heterocycles. The third-order valence-corrected chi connectivity index (χ3v) is 3.72. The summed E-state index contributed by atoms with van der Waals surface area (Å²) < 4.78 is 10.2. The van der Waals surface area contributed by atoms with E-state index < -0.39 is 5.97 Å². The minimum atomic E-state index is -0.499. The van der Waals surface area contributed by atoms with E-state index in [2.05, 4.69) is 10.1 Å². The minimum absolute atomic E-state index is 0.228. The van der Waals surface area contributed by atoms with Crippen LogP contribution in [0.25, 0.3) is 0 Å². The van der Waals surface area contributed by atoms with Gasteiger partial charge in [0.25, 0.3) is 0 Å². The van der Waals surface area contributed by atoms with Crippen molar-refractivity contribution in [2.75, 3.05) is 24.8 Å². The number of nitrogens with one attached hydrogen (secondary N) is 1. The number of methoxy groups -OCH3 is 1. The van der Waals surface area contributed by atoms with Crippen molar-refractivity contribution < 1.29 is 19.1 Å². The Balaban J connectivity index is 1.84. The highest BCUT2D eigenvalue weighted by atomic mass is 35.5. The average molecular weight is 363 g/mol. The van der Waals surface area contributed by atoms with Gasteiger partial charge in [0.2, 0.25) is 5.91 Å². The molecule has 3 N–H and O–H groups in total. The van der Waals surface area contributed by atoms with E-state index in [0.717, 1.165) is 0 Å². The van der Waals surface area contributed by atoms with Crippen LogP contribution >= 0.6 is 11.6 Å². The van der Waals surface area contributed by atoms with E-state index in [-0.39, 0.29) is 12.3 Å². The molecule has 0 atom stereocenters. The lowest BCUT2D eigenvalue weighted by Gasteiger charge is -2.10. The van der Waals surface area contributed by atoms with Gasteiger partial charge in [-0.1, -0.05) is 23.7 Å². The molecule has 0 bridgehead atoms. The number of carbonyl (C=O) groups excluding carboxylic acids is 2. The number of para-hydroxylation sites is 2. The second-order valence-corrected chi connectivity index (χ2v) is 5.63. The Morgan fingerprint density at radius 1 is 1.20 bits per heavy atom. The molecule has 0 heterocycles. The first-order valence-electron chi connectivity index (χ1n) is 7.66. The Labute approximate surface area is 150 Å². The molecule has 2 aromatic carbocycles. The molecule has 7 heteroatoms. The van der Waals surface area contributed by atoms with Gasteiger partial charge < -0.3 is 20.5 Å². The van der Waals surface area contributed by atoms with Crippen molar-refractivity contribution >= 4 is 34.9 Å². The number of hydrogen-bond donors (Lipinski definition) is 2. The molecule has 2 aromatic rings. The maximum absolute atomic E-state index is 12.0. The summed E-state index contributed by atoms with van der Waals surface area (Å²) >= 11 is 6.04. The van der Waals surface area contributed by atoms with Crippen molar-refractivity contribution in [3.63, 3.8) is 0 Å². The van der Waals surface area contributed by atoms with Crippen LogP contribution in [-0.4, -0.2) is 25.6 Å². The third kappa shape index (κ3) is 5.39. The topological polar surface area (TPSA) is 90.6 Å². The number of hydrogen-bond acceptors (Lipinski definition) is 5. The molecule has 1 amide bonds. The molecule has 6 nitrogen and oxygen atoms in total. The quantitative estimate of drug-likeness (QED) is 0.447. The average Bonchev–Trinajstić information content (AvgIpc) is 2.61. The predicted molar refractivity (Wildman–Crippen MR) is 97.0 cm³/mol. The fraction of sp³-hybridized carbons (Fsp3) is 0.222. The van der Waals surface area contributed by atoms with Crippen LogP contribution in [0.5, 0.6) is 5.75 Å². The van der Waals surface area contributed by atoms with Crippen molar-refractivity contribution in [1.82, 2.24) is 0 Å².